The molecule has 2 amide bonds. The third kappa shape index (κ3) is 2.86. The van der Waals surface area contributed by atoms with Crippen LogP contribution in [0.4, 0.5) is 0 Å². The van der Waals surface area contributed by atoms with Crippen molar-refractivity contribution in [3.05, 3.63) is 24.3 Å². The van der Waals surface area contributed by atoms with Crippen molar-refractivity contribution in [2.45, 2.75) is 38.3 Å². The molecule has 7 heteroatoms. The maximum atomic E-state index is 12.6. The number of hydrogen-bond acceptors (Lipinski definition) is 4. The molecular weight excluding hydrogens is 306 g/mol. The van der Waals surface area contributed by atoms with E-state index in [2.05, 4.69) is 10.2 Å². The van der Waals surface area contributed by atoms with Gasteiger partial charge in [0.2, 0.25) is 11.8 Å². The topological polar surface area (TPSA) is 71.3 Å². The molecule has 1 aromatic heterocycles. The highest BCUT2D eigenvalue weighted by Gasteiger charge is 2.32. The Labute approximate surface area is 140 Å². The number of likely N-dealkylation sites (tertiary alicyclic amines) is 2. The summed E-state index contributed by atoms with van der Waals surface area (Å²) in [6, 6.07) is 7.76. The van der Waals surface area contributed by atoms with Crippen LogP contribution in [0.25, 0.3) is 11.0 Å². The highest BCUT2D eigenvalue weighted by Crippen LogP contribution is 2.21. The van der Waals surface area contributed by atoms with E-state index in [-0.39, 0.29) is 24.4 Å². The minimum absolute atomic E-state index is 0.0200. The van der Waals surface area contributed by atoms with Crippen LogP contribution in [-0.4, -0.2) is 62.3 Å². The molecular formula is C17H21N5O2. The fraction of sp³-hybridized carbons (Fsp3) is 0.529. The molecule has 4 rings (SSSR count). The van der Waals surface area contributed by atoms with E-state index >= 15 is 0 Å². The van der Waals surface area contributed by atoms with Crippen LogP contribution in [0.2, 0.25) is 0 Å². The molecule has 0 unspecified atom stereocenters. The van der Waals surface area contributed by atoms with Gasteiger partial charge in [0.1, 0.15) is 17.6 Å². The standard InChI is InChI=1S/C17H21N5O2/c23-16-8-4-10-21(16)13-5-3-9-20(11-13)17(24)12-22-18-14-6-1-2-7-15(14)19-22/h1-2,6-7,13H,3-5,8-12H2/t13-/m1/s1. The molecule has 2 fully saturated rings. The zero-order valence-electron chi connectivity index (χ0n) is 13.6. The normalized spacial score (nSPS) is 21.7. The van der Waals surface area contributed by atoms with Gasteiger partial charge in [-0.05, 0) is 31.4 Å². The highest BCUT2D eigenvalue weighted by atomic mass is 16.2. The molecule has 0 radical (unpaired) electrons. The Morgan fingerprint density at radius 3 is 2.54 bits per heavy atom. The van der Waals surface area contributed by atoms with Gasteiger partial charge in [0, 0.05) is 32.1 Å². The van der Waals surface area contributed by atoms with E-state index in [1.54, 1.807) is 0 Å². The molecule has 2 aliphatic rings. The minimum atomic E-state index is 0.0200. The molecule has 24 heavy (non-hydrogen) atoms. The summed E-state index contributed by atoms with van der Waals surface area (Å²) in [5.74, 6) is 0.251. The maximum Gasteiger partial charge on any atom is 0.246 e. The van der Waals surface area contributed by atoms with Crippen molar-refractivity contribution >= 4 is 22.8 Å². The Hall–Kier alpha value is -2.44. The molecule has 0 spiro atoms. The molecule has 0 N–H and O–H groups in total. The van der Waals surface area contributed by atoms with Gasteiger partial charge in [0.25, 0.3) is 0 Å². The summed E-state index contributed by atoms with van der Waals surface area (Å²) >= 11 is 0. The van der Waals surface area contributed by atoms with E-state index in [0.29, 0.717) is 13.0 Å². The lowest BCUT2D eigenvalue weighted by atomic mass is 10.0. The van der Waals surface area contributed by atoms with Crippen molar-refractivity contribution in [2.24, 2.45) is 0 Å². The number of rotatable bonds is 3. The molecule has 2 aromatic rings. The number of fused-ring (bicyclic) bond motifs is 1. The van der Waals surface area contributed by atoms with Crippen molar-refractivity contribution in [1.82, 2.24) is 24.8 Å². The van der Waals surface area contributed by atoms with Crippen LogP contribution in [0, 0.1) is 0 Å². The highest BCUT2D eigenvalue weighted by molar-refractivity contribution is 5.79. The van der Waals surface area contributed by atoms with Gasteiger partial charge in [-0.3, -0.25) is 9.59 Å². The van der Waals surface area contributed by atoms with E-state index in [0.717, 1.165) is 43.4 Å². The van der Waals surface area contributed by atoms with Crippen molar-refractivity contribution in [3.63, 3.8) is 0 Å². The summed E-state index contributed by atoms with van der Waals surface area (Å²) in [5, 5.41) is 8.70. The second-order valence-electron chi connectivity index (χ2n) is 6.55. The molecule has 7 nitrogen and oxygen atoms in total. The van der Waals surface area contributed by atoms with Crippen molar-refractivity contribution in [3.8, 4) is 0 Å². The van der Waals surface area contributed by atoms with Crippen molar-refractivity contribution in [1.29, 1.82) is 0 Å². The first-order chi connectivity index (χ1) is 11.7. The van der Waals surface area contributed by atoms with Gasteiger partial charge in [0.05, 0.1) is 0 Å². The van der Waals surface area contributed by atoms with Crippen LogP contribution < -0.4 is 0 Å². The Kier molecular flexibility index (Phi) is 3.92. The van der Waals surface area contributed by atoms with E-state index in [1.807, 2.05) is 34.1 Å². The van der Waals surface area contributed by atoms with Crippen LogP contribution >= 0.6 is 0 Å². The van der Waals surface area contributed by atoms with Crippen LogP contribution in [0.15, 0.2) is 24.3 Å². The maximum absolute atomic E-state index is 12.6. The second-order valence-corrected chi connectivity index (χ2v) is 6.55. The molecule has 2 saturated heterocycles. The number of piperidine rings is 1. The van der Waals surface area contributed by atoms with Gasteiger partial charge in [-0.25, -0.2) is 0 Å². The van der Waals surface area contributed by atoms with Crippen LogP contribution in [0.3, 0.4) is 0 Å². The predicted octanol–water partition coefficient (Wildman–Crippen LogP) is 1.04. The fourth-order valence-electron chi connectivity index (χ4n) is 3.69. The molecule has 0 saturated carbocycles. The summed E-state index contributed by atoms with van der Waals surface area (Å²) in [6.45, 7) is 2.36. The first-order valence-electron chi connectivity index (χ1n) is 8.58. The second kappa shape index (κ2) is 6.22. The summed E-state index contributed by atoms with van der Waals surface area (Å²) < 4.78 is 0. The first kappa shape index (κ1) is 15.1. The lowest BCUT2D eigenvalue weighted by Crippen LogP contribution is -2.50. The molecule has 3 heterocycles. The number of carbonyl (C=O) groups is 2. The van der Waals surface area contributed by atoms with Gasteiger partial charge >= 0.3 is 0 Å². The SMILES string of the molecule is O=C(Cn1nc2ccccc2n1)N1CCC[C@@H](N2CCCC2=O)C1. The van der Waals surface area contributed by atoms with Crippen LogP contribution in [0.5, 0.6) is 0 Å². The number of hydrogen-bond donors (Lipinski definition) is 0. The average molecular weight is 327 g/mol. The Balaban J connectivity index is 1.42. The number of aromatic nitrogens is 3. The smallest absolute Gasteiger partial charge is 0.246 e. The molecule has 0 aliphatic carbocycles. The Bertz CT molecular complexity index is 738. The number of carbonyl (C=O) groups excluding carboxylic acids is 2. The zero-order valence-corrected chi connectivity index (χ0v) is 13.6. The molecule has 1 atom stereocenters. The van der Waals surface area contributed by atoms with Gasteiger partial charge < -0.3 is 9.80 Å². The zero-order chi connectivity index (χ0) is 16.5. The van der Waals surface area contributed by atoms with Crippen LogP contribution in [0.1, 0.15) is 25.7 Å². The monoisotopic (exact) mass is 327 g/mol. The van der Waals surface area contributed by atoms with E-state index in [9.17, 15) is 9.59 Å². The quantitative estimate of drug-likeness (QED) is 0.845. The molecule has 0 bridgehead atoms. The fourth-order valence-corrected chi connectivity index (χ4v) is 3.69. The molecule has 126 valence electrons. The van der Waals surface area contributed by atoms with Crippen molar-refractivity contribution < 1.29 is 9.59 Å². The van der Waals surface area contributed by atoms with Crippen LogP contribution in [-0.2, 0) is 16.1 Å². The van der Waals surface area contributed by atoms with Gasteiger partial charge in [-0.15, -0.1) is 0 Å². The van der Waals surface area contributed by atoms with Gasteiger partial charge in [-0.2, -0.15) is 15.0 Å². The largest absolute Gasteiger partial charge is 0.339 e. The van der Waals surface area contributed by atoms with Gasteiger partial charge in [-0.1, -0.05) is 12.1 Å². The minimum Gasteiger partial charge on any atom is -0.339 e. The van der Waals surface area contributed by atoms with E-state index < -0.39 is 0 Å². The molecule has 2 aliphatic heterocycles. The average Bonchev–Trinajstić information content (AvgIpc) is 3.20. The van der Waals surface area contributed by atoms with Crippen molar-refractivity contribution in [2.75, 3.05) is 19.6 Å². The van der Waals surface area contributed by atoms with Gasteiger partial charge in [0.15, 0.2) is 0 Å². The Morgan fingerprint density at radius 1 is 1.12 bits per heavy atom. The lowest BCUT2D eigenvalue weighted by molar-refractivity contribution is -0.138. The summed E-state index contributed by atoms with van der Waals surface area (Å²) in [5.41, 5.74) is 1.59. The summed E-state index contributed by atoms with van der Waals surface area (Å²) in [7, 11) is 0. The third-order valence-corrected chi connectivity index (χ3v) is 4.90. The molecule has 1 aromatic carbocycles. The van der Waals surface area contributed by atoms with E-state index in [1.165, 1.54) is 4.80 Å². The Morgan fingerprint density at radius 2 is 1.88 bits per heavy atom. The number of nitrogens with zero attached hydrogens (tertiary/aromatic N) is 5. The predicted molar refractivity (Wildman–Crippen MR) is 88.1 cm³/mol. The summed E-state index contributed by atoms with van der Waals surface area (Å²) in [4.78, 5) is 29.8. The summed E-state index contributed by atoms with van der Waals surface area (Å²) in [6.07, 6.45) is 3.51. The third-order valence-electron chi connectivity index (χ3n) is 4.90. The first-order valence-corrected chi connectivity index (χ1v) is 8.58. The van der Waals surface area contributed by atoms with E-state index in [4.69, 9.17) is 0 Å². The lowest BCUT2D eigenvalue weighted by Gasteiger charge is -2.37. The number of amides is 2. The number of benzene rings is 1.